The maximum absolute atomic E-state index is 12.7. The Kier molecular flexibility index (Phi) is 36.3. The van der Waals surface area contributed by atoms with Crippen LogP contribution in [0.15, 0.2) is 0 Å². The number of nitrogens with zero attached hydrogens (tertiary/aromatic N) is 1. The van der Waals surface area contributed by atoms with Crippen LogP contribution >= 0.6 is 8.53 Å². The molecule has 288 valence electrons. The van der Waals surface area contributed by atoms with E-state index < -0.39 is 14.6 Å². The van der Waals surface area contributed by atoms with Crippen LogP contribution < -0.4 is 0 Å². The second-order valence-electron chi connectivity index (χ2n) is 14.9. The Morgan fingerprint density at radius 3 is 1.27 bits per heavy atom. The SMILES string of the molecule is CCCCCCCCCCCCCCCCOC[C@H](COP(O)N(C(C)C)C(C)C)OC(=O)CCCCCCCCCCCCCCC. The average molecular weight is 702 g/mol. The quantitative estimate of drug-likeness (QED) is 0.0393. The Hall–Kier alpha value is -0.260. The Bertz CT molecular complexity index is 657. The second-order valence-corrected chi connectivity index (χ2v) is 16.1. The maximum atomic E-state index is 12.7. The lowest BCUT2D eigenvalue weighted by atomic mass is 10.0. The molecule has 0 aromatic rings. The van der Waals surface area contributed by atoms with Crippen LogP contribution in [-0.2, 0) is 18.8 Å². The standard InChI is InChI=1S/C41H84NO5P/c1-7-9-11-13-15-17-19-21-23-25-27-29-31-33-35-45-36-40(37-46-48(44)42(38(3)4)39(5)6)47-41(43)34-32-30-28-26-24-22-20-18-16-14-12-10-8-2/h38-40,44H,7-37H2,1-6H3/t40-,48?/m1/s1. The molecule has 1 N–H and O–H groups in total. The summed E-state index contributed by atoms with van der Waals surface area (Å²) < 4.78 is 19.6. The van der Waals surface area contributed by atoms with Crippen LogP contribution in [0.4, 0.5) is 0 Å². The van der Waals surface area contributed by atoms with Crippen molar-refractivity contribution in [2.45, 2.75) is 240 Å². The molecule has 0 aliphatic heterocycles. The highest BCUT2D eigenvalue weighted by Crippen LogP contribution is 2.40. The van der Waals surface area contributed by atoms with Crippen molar-refractivity contribution in [2.75, 3.05) is 19.8 Å². The minimum Gasteiger partial charge on any atom is -0.457 e. The molecular formula is C41H84NO5P. The second kappa shape index (κ2) is 36.5. The molecule has 0 radical (unpaired) electrons. The van der Waals surface area contributed by atoms with Crippen LogP contribution in [-0.4, -0.2) is 53.5 Å². The van der Waals surface area contributed by atoms with E-state index in [0.29, 0.717) is 19.6 Å². The predicted molar refractivity (Wildman–Crippen MR) is 209 cm³/mol. The molecule has 0 bridgehead atoms. The molecule has 1 unspecified atom stereocenters. The van der Waals surface area contributed by atoms with E-state index in [1.54, 1.807) is 0 Å². The smallest absolute Gasteiger partial charge is 0.306 e. The first kappa shape index (κ1) is 47.7. The topological polar surface area (TPSA) is 68.2 Å². The van der Waals surface area contributed by atoms with Gasteiger partial charge in [0.25, 0.3) is 8.53 Å². The molecule has 0 aromatic heterocycles. The van der Waals surface area contributed by atoms with Gasteiger partial charge in [-0.1, -0.05) is 174 Å². The molecule has 6 nitrogen and oxygen atoms in total. The molecule has 2 atom stereocenters. The molecule has 0 aliphatic rings. The Labute approximate surface area is 301 Å². The van der Waals surface area contributed by atoms with Crippen molar-refractivity contribution in [3.63, 3.8) is 0 Å². The molecule has 0 aromatic carbocycles. The summed E-state index contributed by atoms with van der Waals surface area (Å²) in [5.41, 5.74) is 0. The lowest BCUT2D eigenvalue weighted by Crippen LogP contribution is -2.34. The van der Waals surface area contributed by atoms with Crippen molar-refractivity contribution >= 4 is 14.5 Å². The van der Waals surface area contributed by atoms with Crippen molar-refractivity contribution in [1.82, 2.24) is 4.67 Å². The van der Waals surface area contributed by atoms with E-state index in [-0.39, 0.29) is 24.7 Å². The fourth-order valence-electron chi connectivity index (χ4n) is 6.47. The maximum Gasteiger partial charge on any atom is 0.306 e. The molecule has 7 heteroatoms. The minimum absolute atomic E-state index is 0.154. The summed E-state index contributed by atoms with van der Waals surface area (Å²) in [6, 6.07) is 0.323. The third-order valence-electron chi connectivity index (χ3n) is 9.36. The van der Waals surface area contributed by atoms with Gasteiger partial charge in [-0.15, -0.1) is 0 Å². The van der Waals surface area contributed by atoms with Gasteiger partial charge in [-0.2, -0.15) is 0 Å². The zero-order valence-corrected chi connectivity index (χ0v) is 34.0. The van der Waals surface area contributed by atoms with Crippen molar-refractivity contribution in [2.24, 2.45) is 0 Å². The van der Waals surface area contributed by atoms with Gasteiger partial charge in [-0.05, 0) is 40.5 Å². The van der Waals surface area contributed by atoms with Gasteiger partial charge in [-0.3, -0.25) is 4.79 Å². The summed E-state index contributed by atoms with van der Waals surface area (Å²) in [7, 11) is -1.76. The van der Waals surface area contributed by atoms with Crippen molar-refractivity contribution < 1.29 is 23.7 Å². The first-order chi connectivity index (χ1) is 23.3. The monoisotopic (exact) mass is 702 g/mol. The van der Waals surface area contributed by atoms with E-state index in [1.807, 2.05) is 4.67 Å². The van der Waals surface area contributed by atoms with Crippen LogP contribution in [0.5, 0.6) is 0 Å². The molecule has 48 heavy (non-hydrogen) atoms. The summed E-state index contributed by atoms with van der Waals surface area (Å²) >= 11 is 0. The number of unbranched alkanes of at least 4 members (excludes halogenated alkanes) is 25. The molecule has 0 rings (SSSR count). The van der Waals surface area contributed by atoms with E-state index in [9.17, 15) is 9.69 Å². The first-order valence-corrected chi connectivity index (χ1v) is 22.2. The summed E-state index contributed by atoms with van der Waals surface area (Å²) in [6.45, 7) is 13.9. The molecule has 0 fully saturated rings. The number of rotatable bonds is 38. The minimum atomic E-state index is -1.76. The molecular weight excluding hydrogens is 617 g/mol. The van der Waals surface area contributed by atoms with Crippen LogP contribution in [0.3, 0.4) is 0 Å². The van der Waals surface area contributed by atoms with Gasteiger partial charge < -0.3 is 18.9 Å². The van der Waals surface area contributed by atoms with E-state index in [1.165, 1.54) is 154 Å². The molecule has 0 heterocycles. The van der Waals surface area contributed by atoms with E-state index in [2.05, 4.69) is 41.5 Å². The fourth-order valence-corrected chi connectivity index (χ4v) is 7.69. The summed E-state index contributed by atoms with van der Waals surface area (Å²) in [5, 5.41) is 0. The van der Waals surface area contributed by atoms with Crippen molar-refractivity contribution in [3.05, 3.63) is 0 Å². The summed E-state index contributed by atoms with van der Waals surface area (Å²) in [4.78, 5) is 23.5. The van der Waals surface area contributed by atoms with Gasteiger partial charge in [0, 0.05) is 25.1 Å². The zero-order chi connectivity index (χ0) is 35.5. The molecule has 0 spiro atoms. The largest absolute Gasteiger partial charge is 0.457 e. The number of ether oxygens (including phenoxy) is 2. The number of carbonyl (C=O) groups is 1. The molecule has 0 amide bonds. The van der Waals surface area contributed by atoms with Crippen LogP contribution in [0.2, 0.25) is 0 Å². The Balaban J connectivity index is 4.20. The average Bonchev–Trinajstić information content (AvgIpc) is 3.05. The van der Waals surface area contributed by atoms with Gasteiger partial charge in [-0.25, -0.2) is 4.67 Å². The zero-order valence-electron chi connectivity index (χ0n) is 33.1. The normalized spacial score (nSPS) is 13.2. The highest BCUT2D eigenvalue weighted by atomic mass is 31.2. The van der Waals surface area contributed by atoms with E-state index in [0.717, 1.165) is 19.3 Å². The van der Waals surface area contributed by atoms with Gasteiger partial charge in [0.05, 0.1) is 13.2 Å². The molecule has 0 saturated heterocycles. The predicted octanol–water partition coefficient (Wildman–Crippen LogP) is 13.2. The number of hydrogen-bond donors (Lipinski definition) is 1. The summed E-state index contributed by atoms with van der Waals surface area (Å²) in [6.07, 6.45) is 35.3. The van der Waals surface area contributed by atoms with Gasteiger partial charge >= 0.3 is 5.97 Å². The number of carbonyl (C=O) groups excluding carboxylic acids is 1. The van der Waals surface area contributed by atoms with Gasteiger partial charge in [0.1, 0.15) is 6.10 Å². The van der Waals surface area contributed by atoms with Crippen LogP contribution in [0, 0.1) is 0 Å². The van der Waals surface area contributed by atoms with Gasteiger partial charge in [0.15, 0.2) is 0 Å². The highest BCUT2D eigenvalue weighted by Gasteiger charge is 2.26. The Morgan fingerprint density at radius 2 is 0.896 bits per heavy atom. The lowest BCUT2D eigenvalue weighted by molar-refractivity contribution is -0.154. The van der Waals surface area contributed by atoms with Crippen molar-refractivity contribution in [1.29, 1.82) is 0 Å². The fraction of sp³-hybridized carbons (Fsp3) is 0.976. The first-order valence-electron chi connectivity index (χ1n) is 21.0. The van der Waals surface area contributed by atoms with Crippen LogP contribution in [0.1, 0.15) is 221 Å². The summed E-state index contributed by atoms with van der Waals surface area (Å²) in [5.74, 6) is -0.182. The highest BCUT2D eigenvalue weighted by molar-refractivity contribution is 7.43. The van der Waals surface area contributed by atoms with E-state index >= 15 is 0 Å². The third-order valence-corrected chi connectivity index (χ3v) is 11.1. The van der Waals surface area contributed by atoms with Gasteiger partial charge in [0.2, 0.25) is 0 Å². The Morgan fingerprint density at radius 1 is 0.542 bits per heavy atom. The van der Waals surface area contributed by atoms with E-state index in [4.69, 9.17) is 14.0 Å². The van der Waals surface area contributed by atoms with Crippen molar-refractivity contribution in [3.8, 4) is 0 Å². The van der Waals surface area contributed by atoms with Crippen LogP contribution in [0.25, 0.3) is 0 Å². The molecule has 0 aliphatic carbocycles. The third kappa shape index (κ3) is 31.7. The molecule has 0 saturated carbocycles. The lowest BCUT2D eigenvalue weighted by Gasteiger charge is -2.33. The number of esters is 1. The number of hydrogen-bond acceptors (Lipinski definition) is 6.